The third-order valence-electron chi connectivity index (χ3n) is 3.58. The lowest BCUT2D eigenvalue weighted by molar-refractivity contribution is -0.126. The van der Waals surface area contributed by atoms with Crippen molar-refractivity contribution < 1.29 is 4.79 Å². The monoisotopic (exact) mass is 232 g/mol. The SMILES string of the molecule is CC1CCCCC1NC(=O)[C@H]1CCN1.Cl. The van der Waals surface area contributed by atoms with Gasteiger partial charge < -0.3 is 10.6 Å². The summed E-state index contributed by atoms with van der Waals surface area (Å²) in [5, 5.41) is 6.31. The van der Waals surface area contributed by atoms with Crippen LogP contribution in [-0.4, -0.2) is 24.5 Å². The number of carbonyl (C=O) groups is 1. The van der Waals surface area contributed by atoms with E-state index in [1.165, 1.54) is 25.7 Å². The smallest absolute Gasteiger partial charge is 0.237 e. The van der Waals surface area contributed by atoms with Crippen molar-refractivity contribution in [1.29, 1.82) is 0 Å². The largest absolute Gasteiger partial charge is 0.352 e. The second kappa shape index (κ2) is 5.71. The maximum Gasteiger partial charge on any atom is 0.237 e. The predicted molar refractivity (Wildman–Crippen MR) is 63.2 cm³/mol. The lowest BCUT2D eigenvalue weighted by atomic mass is 9.85. The molecule has 3 nitrogen and oxygen atoms in total. The lowest BCUT2D eigenvalue weighted by Crippen LogP contribution is -2.56. The van der Waals surface area contributed by atoms with Gasteiger partial charge in [-0.25, -0.2) is 0 Å². The van der Waals surface area contributed by atoms with Crippen molar-refractivity contribution in [2.75, 3.05) is 6.54 Å². The van der Waals surface area contributed by atoms with E-state index in [9.17, 15) is 4.79 Å². The first-order valence-electron chi connectivity index (χ1n) is 5.81. The van der Waals surface area contributed by atoms with Gasteiger partial charge in [0.25, 0.3) is 0 Å². The molecule has 88 valence electrons. The van der Waals surface area contributed by atoms with E-state index >= 15 is 0 Å². The summed E-state index contributed by atoms with van der Waals surface area (Å²) in [6.07, 6.45) is 6.04. The molecular weight excluding hydrogens is 212 g/mol. The normalized spacial score (nSPS) is 34.9. The molecule has 0 aromatic heterocycles. The van der Waals surface area contributed by atoms with Crippen LogP contribution in [-0.2, 0) is 4.79 Å². The van der Waals surface area contributed by atoms with Crippen LogP contribution in [0.4, 0.5) is 0 Å². The Balaban J connectivity index is 0.00000112. The van der Waals surface area contributed by atoms with Gasteiger partial charge in [0.05, 0.1) is 6.04 Å². The summed E-state index contributed by atoms with van der Waals surface area (Å²) < 4.78 is 0. The van der Waals surface area contributed by atoms with Crippen molar-refractivity contribution in [1.82, 2.24) is 10.6 Å². The van der Waals surface area contributed by atoms with E-state index in [-0.39, 0.29) is 24.4 Å². The Hall–Kier alpha value is -0.280. The highest BCUT2D eigenvalue weighted by Gasteiger charge is 2.29. The third kappa shape index (κ3) is 3.08. The summed E-state index contributed by atoms with van der Waals surface area (Å²) in [5.74, 6) is 0.878. The highest BCUT2D eigenvalue weighted by atomic mass is 35.5. The van der Waals surface area contributed by atoms with Crippen molar-refractivity contribution in [3.05, 3.63) is 0 Å². The van der Waals surface area contributed by atoms with Crippen LogP contribution in [0.2, 0.25) is 0 Å². The molecule has 1 heterocycles. The molecule has 2 rings (SSSR count). The molecule has 1 saturated heterocycles. The molecule has 15 heavy (non-hydrogen) atoms. The molecule has 1 saturated carbocycles. The molecule has 1 amide bonds. The summed E-state index contributed by atoms with van der Waals surface area (Å²) >= 11 is 0. The van der Waals surface area contributed by atoms with Gasteiger partial charge in [0.2, 0.25) is 5.91 Å². The van der Waals surface area contributed by atoms with Gasteiger partial charge >= 0.3 is 0 Å². The van der Waals surface area contributed by atoms with Gasteiger partial charge in [-0.3, -0.25) is 4.79 Å². The third-order valence-corrected chi connectivity index (χ3v) is 3.58. The van der Waals surface area contributed by atoms with Gasteiger partial charge in [0, 0.05) is 6.04 Å². The molecule has 4 heteroatoms. The summed E-state index contributed by atoms with van der Waals surface area (Å²) in [6, 6.07) is 0.530. The molecule has 1 aliphatic heterocycles. The minimum atomic E-state index is 0. The second-order valence-electron chi connectivity index (χ2n) is 4.67. The fraction of sp³-hybridized carbons (Fsp3) is 0.909. The van der Waals surface area contributed by atoms with Crippen molar-refractivity contribution in [2.24, 2.45) is 5.92 Å². The van der Waals surface area contributed by atoms with Crippen LogP contribution in [0.5, 0.6) is 0 Å². The second-order valence-corrected chi connectivity index (χ2v) is 4.67. The Kier molecular flexibility index (Phi) is 4.87. The van der Waals surface area contributed by atoms with Crippen LogP contribution in [0.25, 0.3) is 0 Å². The Morgan fingerprint density at radius 1 is 1.27 bits per heavy atom. The number of hydrogen-bond acceptors (Lipinski definition) is 2. The Morgan fingerprint density at radius 2 is 1.93 bits per heavy atom. The van der Waals surface area contributed by atoms with E-state index in [0.717, 1.165) is 13.0 Å². The van der Waals surface area contributed by atoms with E-state index in [1.54, 1.807) is 0 Å². The number of hydrogen-bond donors (Lipinski definition) is 2. The maximum absolute atomic E-state index is 11.7. The molecule has 2 fully saturated rings. The summed E-state index contributed by atoms with van der Waals surface area (Å²) in [5.41, 5.74) is 0. The van der Waals surface area contributed by atoms with E-state index in [4.69, 9.17) is 0 Å². The van der Waals surface area contributed by atoms with Gasteiger partial charge in [-0.1, -0.05) is 19.8 Å². The Morgan fingerprint density at radius 3 is 2.47 bits per heavy atom. The number of halogens is 1. The molecule has 0 radical (unpaired) electrons. The van der Waals surface area contributed by atoms with E-state index in [2.05, 4.69) is 17.6 Å². The number of carbonyl (C=O) groups excluding carboxylic acids is 1. The first kappa shape index (κ1) is 12.8. The molecule has 0 bridgehead atoms. The maximum atomic E-state index is 11.7. The van der Waals surface area contributed by atoms with Crippen LogP contribution in [0.15, 0.2) is 0 Å². The van der Waals surface area contributed by atoms with E-state index in [1.807, 2.05) is 0 Å². The van der Waals surface area contributed by atoms with Gasteiger partial charge in [-0.05, 0) is 31.7 Å². The van der Waals surface area contributed by atoms with Crippen molar-refractivity contribution >= 4 is 18.3 Å². The van der Waals surface area contributed by atoms with Gasteiger partial charge in [0.15, 0.2) is 0 Å². The van der Waals surface area contributed by atoms with Gasteiger partial charge in [-0.15, -0.1) is 12.4 Å². The molecule has 3 atom stereocenters. The van der Waals surface area contributed by atoms with E-state index in [0.29, 0.717) is 12.0 Å². The topological polar surface area (TPSA) is 41.1 Å². The van der Waals surface area contributed by atoms with Crippen molar-refractivity contribution in [3.63, 3.8) is 0 Å². The van der Waals surface area contributed by atoms with Crippen LogP contribution in [0.3, 0.4) is 0 Å². The molecule has 1 aliphatic carbocycles. The summed E-state index contributed by atoms with van der Waals surface area (Å²) in [6.45, 7) is 3.25. The number of nitrogens with one attached hydrogen (secondary N) is 2. The fourth-order valence-electron chi connectivity index (χ4n) is 2.33. The number of amides is 1. The molecule has 0 spiro atoms. The van der Waals surface area contributed by atoms with Crippen LogP contribution in [0.1, 0.15) is 39.0 Å². The summed E-state index contributed by atoms with van der Waals surface area (Å²) in [7, 11) is 0. The Bertz CT molecular complexity index is 219. The number of rotatable bonds is 2. The molecule has 0 aromatic carbocycles. The highest BCUT2D eigenvalue weighted by molar-refractivity contribution is 5.85. The molecule has 0 aromatic rings. The minimum Gasteiger partial charge on any atom is -0.352 e. The van der Waals surface area contributed by atoms with Crippen molar-refractivity contribution in [3.8, 4) is 0 Å². The zero-order valence-electron chi connectivity index (χ0n) is 9.29. The average molecular weight is 233 g/mol. The van der Waals surface area contributed by atoms with Crippen molar-refractivity contribution in [2.45, 2.75) is 51.1 Å². The molecule has 2 N–H and O–H groups in total. The minimum absolute atomic E-state index is 0. The van der Waals surface area contributed by atoms with Crippen LogP contribution >= 0.6 is 12.4 Å². The lowest BCUT2D eigenvalue weighted by Gasteiger charge is -2.33. The molecule has 2 aliphatic rings. The fourth-order valence-corrected chi connectivity index (χ4v) is 2.33. The quantitative estimate of drug-likeness (QED) is 0.757. The first-order chi connectivity index (χ1) is 6.77. The predicted octanol–water partition coefficient (Wildman–Crippen LogP) is 1.46. The van der Waals surface area contributed by atoms with Crippen LogP contribution < -0.4 is 10.6 Å². The zero-order chi connectivity index (χ0) is 9.97. The van der Waals surface area contributed by atoms with Crippen LogP contribution in [0, 0.1) is 5.92 Å². The average Bonchev–Trinajstić information content (AvgIpc) is 2.05. The van der Waals surface area contributed by atoms with Gasteiger partial charge in [0.1, 0.15) is 0 Å². The summed E-state index contributed by atoms with van der Waals surface area (Å²) in [4.78, 5) is 11.7. The molecule has 2 unspecified atom stereocenters. The standard InChI is InChI=1S/C11H20N2O.ClH/c1-8-4-2-3-5-9(8)13-11(14)10-6-7-12-10;/h8-10,12H,2-7H2,1H3,(H,13,14);1H/t8?,9?,10-;/m1./s1. The highest BCUT2D eigenvalue weighted by Crippen LogP contribution is 2.23. The van der Waals surface area contributed by atoms with Gasteiger partial charge in [-0.2, -0.15) is 0 Å². The zero-order valence-corrected chi connectivity index (χ0v) is 10.1. The van der Waals surface area contributed by atoms with E-state index < -0.39 is 0 Å². The molecular formula is C11H21ClN2O. The first-order valence-corrected chi connectivity index (χ1v) is 5.81. The Labute approximate surface area is 97.8 Å².